The van der Waals surface area contributed by atoms with E-state index in [0.717, 1.165) is 31.7 Å². The molecule has 90 valence electrons. The Hall–Kier alpha value is -1.43. The summed E-state index contributed by atoms with van der Waals surface area (Å²) < 4.78 is 1.80. The molecule has 0 aliphatic rings. The predicted molar refractivity (Wildman–Crippen MR) is 60.7 cm³/mol. The highest BCUT2D eigenvalue weighted by atomic mass is 16.1. The fourth-order valence-electron chi connectivity index (χ4n) is 1.29. The molecule has 1 aromatic heterocycles. The van der Waals surface area contributed by atoms with Gasteiger partial charge in [0.2, 0.25) is 5.91 Å². The molecular formula is C10H19N5O. The Labute approximate surface area is 95.4 Å². The van der Waals surface area contributed by atoms with Crippen LogP contribution < -0.4 is 10.6 Å². The van der Waals surface area contributed by atoms with Gasteiger partial charge in [0.25, 0.3) is 0 Å². The summed E-state index contributed by atoms with van der Waals surface area (Å²) in [7, 11) is 0. The number of amides is 1. The third-order valence-corrected chi connectivity index (χ3v) is 2.10. The zero-order valence-corrected chi connectivity index (χ0v) is 9.86. The molecule has 0 radical (unpaired) electrons. The van der Waals surface area contributed by atoms with Crippen LogP contribution in [0.3, 0.4) is 0 Å². The van der Waals surface area contributed by atoms with Crippen molar-refractivity contribution in [3.63, 3.8) is 0 Å². The molecule has 0 fully saturated rings. The number of aryl methyl sites for hydroxylation is 1. The fraction of sp³-hybridized carbons (Fsp3) is 0.700. The Balaban J connectivity index is 2.25. The van der Waals surface area contributed by atoms with Crippen molar-refractivity contribution in [3.05, 3.63) is 11.9 Å². The lowest BCUT2D eigenvalue weighted by Crippen LogP contribution is -2.19. The Morgan fingerprint density at radius 1 is 1.56 bits per heavy atom. The second-order valence-electron chi connectivity index (χ2n) is 3.59. The molecule has 0 aliphatic heterocycles. The van der Waals surface area contributed by atoms with Gasteiger partial charge < -0.3 is 10.6 Å². The zero-order valence-electron chi connectivity index (χ0n) is 9.86. The van der Waals surface area contributed by atoms with E-state index in [1.54, 1.807) is 4.68 Å². The molecule has 6 heteroatoms. The first-order valence-corrected chi connectivity index (χ1v) is 5.56. The van der Waals surface area contributed by atoms with Crippen LogP contribution in [0.15, 0.2) is 6.20 Å². The molecule has 1 amide bonds. The molecule has 1 heterocycles. The lowest BCUT2D eigenvalue weighted by atomic mass is 10.4. The number of carbonyl (C=O) groups excluding carboxylic acids is 1. The number of rotatable bonds is 7. The van der Waals surface area contributed by atoms with Gasteiger partial charge in [-0.3, -0.25) is 9.48 Å². The molecule has 0 spiro atoms. The van der Waals surface area contributed by atoms with E-state index >= 15 is 0 Å². The molecule has 0 saturated heterocycles. The van der Waals surface area contributed by atoms with Gasteiger partial charge in [0.15, 0.2) is 0 Å². The highest BCUT2D eigenvalue weighted by Gasteiger charge is 2.00. The SMILES string of the molecule is CCNCCCn1cc(CNC(C)=O)nn1. The van der Waals surface area contributed by atoms with E-state index in [-0.39, 0.29) is 5.91 Å². The second-order valence-corrected chi connectivity index (χ2v) is 3.59. The number of hydrogen-bond acceptors (Lipinski definition) is 4. The summed E-state index contributed by atoms with van der Waals surface area (Å²) in [5.41, 5.74) is 0.790. The average molecular weight is 225 g/mol. The molecule has 1 aromatic rings. The van der Waals surface area contributed by atoms with E-state index in [1.165, 1.54) is 6.92 Å². The van der Waals surface area contributed by atoms with Crippen molar-refractivity contribution in [3.8, 4) is 0 Å². The molecule has 0 unspecified atom stereocenters. The molecule has 0 atom stereocenters. The van der Waals surface area contributed by atoms with E-state index < -0.39 is 0 Å². The lowest BCUT2D eigenvalue weighted by Gasteiger charge is -2.00. The van der Waals surface area contributed by atoms with Crippen molar-refractivity contribution >= 4 is 5.91 Å². The Morgan fingerprint density at radius 2 is 2.38 bits per heavy atom. The Bertz CT molecular complexity index is 323. The Kier molecular flexibility index (Phi) is 5.49. The topological polar surface area (TPSA) is 71.8 Å². The first-order valence-electron chi connectivity index (χ1n) is 5.56. The second kappa shape index (κ2) is 6.95. The van der Waals surface area contributed by atoms with Crippen LogP contribution in [-0.4, -0.2) is 34.0 Å². The van der Waals surface area contributed by atoms with Crippen LogP contribution in [0.1, 0.15) is 26.0 Å². The summed E-state index contributed by atoms with van der Waals surface area (Å²) in [4.78, 5) is 10.7. The largest absolute Gasteiger partial charge is 0.351 e. The maximum atomic E-state index is 10.7. The number of nitrogens with one attached hydrogen (secondary N) is 2. The quantitative estimate of drug-likeness (QED) is 0.636. The summed E-state index contributed by atoms with van der Waals surface area (Å²) in [6.07, 6.45) is 2.89. The van der Waals surface area contributed by atoms with Crippen LogP contribution in [-0.2, 0) is 17.9 Å². The smallest absolute Gasteiger partial charge is 0.217 e. The van der Waals surface area contributed by atoms with Crippen LogP contribution >= 0.6 is 0 Å². The van der Waals surface area contributed by atoms with Crippen molar-refractivity contribution in [1.29, 1.82) is 0 Å². The van der Waals surface area contributed by atoms with Crippen molar-refractivity contribution in [2.75, 3.05) is 13.1 Å². The van der Waals surface area contributed by atoms with Gasteiger partial charge in [0.1, 0.15) is 5.69 Å². The van der Waals surface area contributed by atoms with Gasteiger partial charge in [0.05, 0.1) is 12.7 Å². The molecule has 0 aliphatic carbocycles. The monoisotopic (exact) mass is 225 g/mol. The molecule has 0 aromatic carbocycles. The van der Waals surface area contributed by atoms with E-state index in [0.29, 0.717) is 6.54 Å². The number of hydrogen-bond donors (Lipinski definition) is 2. The van der Waals surface area contributed by atoms with Crippen LogP contribution in [0, 0.1) is 0 Å². The minimum atomic E-state index is -0.0540. The van der Waals surface area contributed by atoms with Crippen LogP contribution in [0.5, 0.6) is 0 Å². The average Bonchev–Trinajstić information content (AvgIpc) is 2.70. The van der Waals surface area contributed by atoms with Crippen LogP contribution in [0.25, 0.3) is 0 Å². The summed E-state index contributed by atoms with van der Waals surface area (Å²) in [6, 6.07) is 0. The summed E-state index contributed by atoms with van der Waals surface area (Å²) in [5.74, 6) is -0.0540. The molecule has 2 N–H and O–H groups in total. The van der Waals surface area contributed by atoms with E-state index in [2.05, 4.69) is 27.9 Å². The minimum Gasteiger partial charge on any atom is -0.351 e. The number of carbonyl (C=O) groups is 1. The normalized spacial score (nSPS) is 10.4. The predicted octanol–water partition coefficient (Wildman–Crippen LogP) is -0.0862. The number of nitrogens with zero attached hydrogens (tertiary/aromatic N) is 3. The lowest BCUT2D eigenvalue weighted by molar-refractivity contribution is -0.119. The summed E-state index contributed by atoms with van der Waals surface area (Å²) >= 11 is 0. The molecule has 0 bridgehead atoms. The van der Waals surface area contributed by atoms with Crippen molar-refractivity contribution in [2.45, 2.75) is 33.4 Å². The summed E-state index contributed by atoms with van der Waals surface area (Å²) in [5, 5.41) is 13.9. The van der Waals surface area contributed by atoms with E-state index in [1.807, 2.05) is 6.20 Å². The Morgan fingerprint density at radius 3 is 3.06 bits per heavy atom. The van der Waals surface area contributed by atoms with Gasteiger partial charge >= 0.3 is 0 Å². The standard InChI is InChI=1S/C10H19N5O/c1-3-11-5-4-6-15-8-10(13-14-15)7-12-9(2)16/h8,11H,3-7H2,1-2H3,(H,12,16). The van der Waals surface area contributed by atoms with Crippen molar-refractivity contribution in [1.82, 2.24) is 25.6 Å². The van der Waals surface area contributed by atoms with Crippen molar-refractivity contribution in [2.24, 2.45) is 0 Å². The fourth-order valence-corrected chi connectivity index (χ4v) is 1.29. The van der Waals surface area contributed by atoms with E-state index in [9.17, 15) is 4.79 Å². The first kappa shape index (κ1) is 12.6. The molecule has 16 heavy (non-hydrogen) atoms. The highest BCUT2D eigenvalue weighted by molar-refractivity contribution is 5.72. The first-order chi connectivity index (χ1) is 7.72. The highest BCUT2D eigenvalue weighted by Crippen LogP contribution is 1.94. The van der Waals surface area contributed by atoms with Crippen LogP contribution in [0.4, 0.5) is 0 Å². The van der Waals surface area contributed by atoms with Crippen LogP contribution in [0.2, 0.25) is 0 Å². The van der Waals surface area contributed by atoms with Crippen molar-refractivity contribution < 1.29 is 4.79 Å². The van der Waals surface area contributed by atoms with Gasteiger partial charge in [-0.05, 0) is 19.5 Å². The molecule has 0 saturated carbocycles. The minimum absolute atomic E-state index is 0.0540. The van der Waals surface area contributed by atoms with Gasteiger partial charge in [0, 0.05) is 13.5 Å². The molecule has 1 rings (SSSR count). The molecule has 6 nitrogen and oxygen atoms in total. The number of aromatic nitrogens is 3. The third-order valence-electron chi connectivity index (χ3n) is 2.10. The van der Waals surface area contributed by atoms with E-state index in [4.69, 9.17) is 0 Å². The zero-order chi connectivity index (χ0) is 11.8. The molecular weight excluding hydrogens is 206 g/mol. The van der Waals surface area contributed by atoms with Gasteiger partial charge in [-0.2, -0.15) is 0 Å². The van der Waals surface area contributed by atoms with Gasteiger partial charge in [-0.25, -0.2) is 0 Å². The van der Waals surface area contributed by atoms with Gasteiger partial charge in [-0.1, -0.05) is 12.1 Å². The third kappa shape index (κ3) is 4.88. The maximum Gasteiger partial charge on any atom is 0.217 e. The summed E-state index contributed by atoms with van der Waals surface area (Å²) in [6.45, 7) is 6.84. The van der Waals surface area contributed by atoms with Gasteiger partial charge in [-0.15, -0.1) is 5.10 Å². The maximum absolute atomic E-state index is 10.7.